The SMILES string of the molecule is CCOC(=O)C1=NOC2(CCCN(C(=O)OC(C)(C)C)CC2)C1. The van der Waals surface area contributed by atoms with E-state index in [4.69, 9.17) is 14.3 Å². The van der Waals surface area contributed by atoms with Crippen LogP contribution in [0.2, 0.25) is 0 Å². The summed E-state index contributed by atoms with van der Waals surface area (Å²) >= 11 is 0. The van der Waals surface area contributed by atoms with Crippen molar-refractivity contribution in [2.75, 3.05) is 19.7 Å². The fourth-order valence-electron chi connectivity index (χ4n) is 2.79. The fraction of sp³-hybridized carbons (Fsp3) is 0.812. The molecule has 0 aromatic heterocycles. The lowest BCUT2D eigenvalue weighted by Crippen LogP contribution is -2.38. The molecule has 2 heterocycles. The Morgan fingerprint density at radius 3 is 2.70 bits per heavy atom. The van der Waals surface area contributed by atoms with E-state index in [2.05, 4.69) is 5.16 Å². The molecule has 1 atom stereocenters. The van der Waals surface area contributed by atoms with Gasteiger partial charge in [-0.3, -0.25) is 0 Å². The lowest BCUT2D eigenvalue weighted by Gasteiger charge is -2.27. The molecule has 130 valence electrons. The van der Waals surface area contributed by atoms with Gasteiger partial charge in [0.25, 0.3) is 0 Å². The van der Waals surface area contributed by atoms with Crippen molar-refractivity contribution < 1.29 is 23.9 Å². The largest absolute Gasteiger partial charge is 0.461 e. The molecule has 0 bridgehead atoms. The summed E-state index contributed by atoms with van der Waals surface area (Å²) in [6, 6.07) is 0. The van der Waals surface area contributed by atoms with Gasteiger partial charge in [-0.25, -0.2) is 9.59 Å². The average molecular weight is 326 g/mol. The molecule has 0 radical (unpaired) electrons. The average Bonchev–Trinajstić information content (AvgIpc) is 2.73. The van der Waals surface area contributed by atoms with Crippen LogP contribution in [-0.2, 0) is 19.1 Å². The Morgan fingerprint density at radius 1 is 1.30 bits per heavy atom. The standard InChI is InChI=1S/C16H26N2O5/c1-5-21-13(19)12-11-16(23-17-12)7-6-9-18(10-8-16)14(20)22-15(2,3)4/h5-11H2,1-4H3. The van der Waals surface area contributed by atoms with E-state index < -0.39 is 17.2 Å². The van der Waals surface area contributed by atoms with Crippen LogP contribution >= 0.6 is 0 Å². The van der Waals surface area contributed by atoms with E-state index in [9.17, 15) is 9.59 Å². The molecule has 2 aliphatic heterocycles. The summed E-state index contributed by atoms with van der Waals surface area (Å²) < 4.78 is 10.4. The normalized spacial score (nSPS) is 24.7. The van der Waals surface area contributed by atoms with Gasteiger partial charge >= 0.3 is 12.1 Å². The van der Waals surface area contributed by atoms with Gasteiger partial charge in [0, 0.05) is 25.9 Å². The van der Waals surface area contributed by atoms with E-state index >= 15 is 0 Å². The van der Waals surface area contributed by atoms with Crippen LogP contribution in [-0.4, -0.2) is 53.6 Å². The van der Waals surface area contributed by atoms with Crippen molar-refractivity contribution in [3.05, 3.63) is 0 Å². The highest BCUT2D eigenvalue weighted by Gasteiger charge is 2.43. The van der Waals surface area contributed by atoms with Crippen LogP contribution in [0.1, 0.15) is 53.4 Å². The van der Waals surface area contributed by atoms with E-state index in [-0.39, 0.29) is 6.09 Å². The zero-order chi connectivity index (χ0) is 17.1. The molecule has 0 aromatic carbocycles. The zero-order valence-corrected chi connectivity index (χ0v) is 14.4. The summed E-state index contributed by atoms with van der Waals surface area (Å²) in [4.78, 5) is 31.2. The number of oxime groups is 1. The third-order valence-electron chi connectivity index (χ3n) is 3.90. The Morgan fingerprint density at radius 2 is 2.04 bits per heavy atom. The van der Waals surface area contributed by atoms with Crippen molar-refractivity contribution in [3.63, 3.8) is 0 Å². The van der Waals surface area contributed by atoms with E-state index in [1.165, 1.54) is 0 Å². The van der Waals surface area contributed by atoms with Crippen LogP contribution in [0.15, 0.2) is 5.16 Å². The maximum atomic E-state index is 12.2. The Labute approximate surface area is 136 Å². The Balaban J connectivity index is 1.92. The lowest BCUT2D eigenvalue weighted by atomic mass is 9.89. The number of nitrogens with zero attached hydrogens (tertiary/aromatic N) is 2. The Hall–Kier alpha value is -1.79. The third kappa shape index (κ3) is 4.59. The number of ether oxygens (including phenoxy) is 2. The van der Waals surface area contributed by atoms with Crippen molar-refractivity contribution in [2.24, 2.45) is 5.16 Å². The minimum atomic E-state index is -0.509. The van der Waals surface area contributed by atoms with Gasteiger partial charge in [0.2, 0.25) is 0 Å². The van der Waals surface area contributed by atoms with Gasteiger partial charge in [-0.2, -0.15) is 0 Å². The summed E-state index contributed by atoms with van der Waals surface area (Å²) in [5.74, 6) is -0.419. The first kappa shape index (κ1) is 17.6. The number of rotatable bonds is 2. The van der Waals surface area contributed by atoms with Gasteiger partial charge in [0.1, 0.15) is 11.2 Å². The molecule has 23 heavy (non-hydrogen) atoms. The van der Waals surface area contributed by atoms with Gasteiger partial charge in [-0.1, -0.05) is 5.16 Å². The van der Waals surface area contributed by atoms with E-state index in [0.29, 0.717) is 38.2 Å². The molecule has 2 aliphatic rings. The van der Waals surface area contributed by atoms with Crippen LogP contribution in [0.5, 0.6) is 0 Å². The molecule has 2 rings (SSSR count). The molecule has 1 saturated heterocycles. The first-order valence-electron chi connectivity index (χ1n) is 8.15. The van der Waals surface area contributed by atoms with Crippen molar-refractivity contribution in [1.29, 1.82) is 0 Å². The minimum Gasteiger partial charge on any atom is -0.461 e. The van der Waals surface area contributed by atoms with Crippen molar-refractivity contribution in [2.45, 2.75) is 64.6 Å². The minimum absolute atomic E-state index is 0.306. The predicted octanol–water partition coefficient (Wildman–Crippen LogP) is 2.49. The summed E-state index contributed by atoms with van der Waals surface area (Å²) in [5.41, 5.74) is -0.679. The number of hydrogen-bond donors (Lipinski definition) is 0. The summed E-state index contributed by atoms with van der Waals surface area (Å²) in [5, 5.41) is 3.91. The van der Waals surface area contributed by atoms with Crippen LogP contribution in [0.3, 0.4) is 0 Å². The maximum Gasteiger partial charge on any atom is 0.410 e. The molecule has 1 amide bonds. The Bertz CT molecular complexity index is 497. The number of carbonyl (C=O) groups excluding carboxylic acids is 2. The molecule has 1 spiro atoms. The number of likely N-dealkylation sites (tertiary alicyclic amines) is 1. The fourth-order valence-corrected chi connectivity index (χ4v) is 2.79. The first-order valence-corrected chi connectivity index (χ1v) is 8.15. The first-order chi connectivity index (χ1) is 10.7. The molecule has 0 saturated carbocycles. The van der Waals surface area contributed by atoms with Crippen molar-refractivity contribution in [3.8, 4) is 0 Å². The maximum absolute atomic E-state index is 12.2. The molecular weight excluding hydrogens is 300 g/mol. The molecule has 1 unspecified atom stereocenters. The molecule has 0 N–H and O–H groups in total. The number of esters is 1. The zero-order valence-electron chi connectivity index (χ0n) is 14.4. The Kier molecular flexibility index (Phi) is 5.16. The summed E-state index contributed by atoms with van der Waals surface area (Å²) in [6.45, 7) is 8.78. The van der Waals surface area contributed by atoms with Gasteiger partial charge < -0.3 is 19.2 Å². The number of amides is 1. The second-order valence-corrected chi connectivity index (χ2v) is 7.03. The molecule has 0 aromatic rings. The monoisotopic (exact) mass is 326 g/mol. The lowest BCUT2D eigenvalue weighted by molar-refractivity contribution is -0.135. The number of hydrogen-bond acceptors (Lipinski definition) is 6. The predicted molar refractivity (Wildman–Crippen MR) is 84.2 cm³/mol. The van der Waals surface area contributed by atoms with E-state index in [0.717, 1.165) is 12.8 Å². The topological polar surface area (TPSA) is 77.4 Å². The third-order valence-corrected chi connectivity index (χ3v) is 3.90. The van der Waals surface area contributed by atoms with Crippen LogP contribution in [0.4, 0.5) is 4.79 Å². The van der Waals surface area contributed by atoms with Crippen LogP contribution in [0, 0.1) is 0 Å². The quantitative estimate of drug-likeness (QED) is 0.729. The number of carbonyl (C=O) groups is 2. The van der Waals surface area contributed by atoms with Gasteiger partial charge in [0.05, 0.1) is 6.61 Å². The smallest absolute Gasteiger partial charge is 0.410 e. The van der Waals surface area contributed by atoms with E-state index in [1.807, 2.05) is 20.8 Å². The summed E-state index contributed by atoms with van der Waals surface area (Å²) in [7, 11) is 0. The second kappa shape index (κ2) is 6.76. The molecular formula is C16H26N2O5. The van der Waals surface area contributed by atoms with Gasteiger partial charge in [-0.15, -0.1) is 0 Å². The van der Waals surface area contributed by atoms with E-state index in [1.54, 1.807) is 11.8 Å². The van der Waals surface area contributed by atoms with Gasteiger partial charge in [-0.05, 0) is 40.5 Å². The molecule has 7 nitrogen and oxygen atoms in total. The molecule has 0 aliphatic carbocycles. The van der Waals surface area contributed by atoms with Crippen molar-refractivity contribution >= 4 is 17.8 Å². The molecule has 1 fully saturated rings. The van der Waals surface area contributed by atoms with Crippen LogP contribution < -0.4 is 0 Å². The van der Waals surface area contributed by atoms with Gasteiger partial charge in [0.15, 0.2) is 5.71 Å². The summed E-state index contributed by atoms with van der Waals surface area (Å²) in [6.07, 6.45) is 2.29. The second-order valence-electron chi connectivity index (χ2n) is 7.03. The highest BCUT2D eigenvalue weighted by molar-refractivity contribution is 6.36. The highest BCUT2D eigenvalue weighted by atomic mass is 16.7. The highest BCUT2D eigenvalue weighted by Crippen LogP contribution is 2.35. The van der Waals surface area contributed by atoms with Crippen LogP contribution in [0.25, 0.3) is 0 Å². The molecule has 7 heteroatoms. The van der Waals surface area contributed by atoms with Crippen molar-refractivity contribution in [1.82, 2.24) is 4.90 Å².